The number of hydrogen-bond donors (Lipinski definition) is 1. The Labute approximate surface area is 122 Å². The van der Waals surface area contributed by atoms with Gasteiger partial charge in [-0.15, -0.1) is 0 Å². The van der Waals surface area contributed by atoms with Crippen molar-refractivity contribution in [3.63, 3.8) is 0 Å². The molecule has 1 aromatic rings. The van der Waals surface area contributed by atoms with Crippen LogP contribution >= 0.6 is 0 Å². The topological polar surface area (TPSA) is 57.6 Å². The second kappa shape index (κ2) is 6.08. The van der Waals surface area contributed by atoms with Crippen molar-refractivity contribution in [1.82, 2.24) is 4.90 Å². The number of carboxylic acids is 1. The number of carboxylic acid groups (broad SMARTS) is 1. The number of halogens is 1. The highest BCUT2D eigenvalue weighted by atomic mass is 19.1. The van der Waals surface area contributed by atoms with Crippen molar-refractivity contribution in [1.29, 1.82) is 0 Å². The molecule has 4 nitrogen and oxygen atoms in total. The summed E-state index contributed by atoms with van der Waals surface area (Å²) in [5.41, 5.74) is 0.00871. The monoisotopic (exact) mass is 291 g/mol. The Morgan fingerprint density at radius 2 is 1.81 bits per heavy atom. The number of hydrogen-bond acceptors (Lipinski definition) is 2. The normalized spacial score (nSPS) is 17.9. The average Bonchev–Trinajstić information content (AvgIpc) is 2.47. The van der Waals surface area contributed by atoms with Crippen molar-refractivity contribution < 1.29 is 19.1 Å². The minimum atomic E-state index is -0.809. The van der Waals surface area contributed by atoms with E-state index >= 15 is 0 Å². The Morgan fingerprint density at radius 3 is 2.33 bits per heavy atom. The first-order chi connectivity index (χ1) is 9.90. The molecule has 0 unspecified atom stereocenters. The molecule has 0 atom stereocenters. The van der Waals surface area contributed by atoms with Crippen LogP contribution in [-0.2, 0) is 9.59 Å². The molecule has 1 amide bonds. The van der Waals surface area contributed by atoms with Gasteiger partial charge < -0.3 is 10.0 Å². The molecule has 1 aliphatic rings. The molecule has 21 heavy (non-hydrogen) atoms. The lowest BCUT2D eigenvalue weighted by Gasteiger charge is -2.35. The van der Waals surface area contributed by atoms with Gasteiger partial charge in [0.2, 0.25) is 5.91 Å². The number of piperidine rings is 1. The highest BCUT2D eigenvalue weighted by Gasteiger charge is 2.37. The van der Waals surface area contributed by atoms with Gasteiger partial charge in [-0.05, 0) is 43.5 Å². The van der Waals surface area contributed by atoms with Crippen molar-refractivity contribution >= 4 is 18.0 Å². The van der Waals surface area contributed by atoms with E-state index in [1.54, 1.807) is 30.0 Å². The molecular weight excluding hydrogens is 273 g/mol. The zero-order chi connectivity index (χ0) is 15.5. The van der Waals surface area contributed by atoms with Crippen LogP contribution in [0, 0.1) is 11.2 Å². The molecule has 1 saturated heterocycles. The van der Waals surface area contributed by atoms with Gasteiger partial charge in [0, 0.05) is 19.2 Å². The molecule has 1 N–H and O–H groups in total. The predicted octanol–water partition coefficient (Wildman–Crippen LogP) is 2.55. The molecule has 0 bridgehead atoms. The molecule has 1 aliphatic heterocycles. The van der Waals surface area contributed by atoms with Crippen molar-refractivity contribution in [3.05, 3.63) is 41.7 Å². The van der Waals surface area contributed by atoms with Crippen LogP contribution in [0.15, 0.2) is 30.3 Å². The van der Waals surface area contributed by atoms with Crippen LogP contribution in [0.2, 0.25) is 0 Å². The zero-order valence-corrected chi connectivity index (χ0v) is 11.9. The number of carbonyl (C=O) groups excluding carboxylic acids is 1. The second-order valence-electron chi connectivity index (χ2n) is 5.58. The first-order valence-electron chi connectivity index (χ1n) is 6.87. The third kappa shape index (κ3) is 3.68. The molecule has 0 saturated carbocycles. The first kappa shape index (κ1) is 15.2. The maximum absolute atomic E-state index is 12.8. The first-order valence-corrected chi connectivity index (χ1v) is 6.87. The van der Waals surface area contributed by atoms with E-state index in [9.17, 15) is 14.0 Å². The van der Waals surface area contributed by atoms with Crippen molar-refractivity contribution in [2.45, 2.75) is 19.8 Å². The molecule has 0 radical (unpaired) electrons. The Balaban J connectivity index is 1.93. The number of aliphatic carboxylic acids is 1. The zero-order valence-electron chi connectivity index (χ0n) is 11.9. The van der Waals surface area contributed by atoms with Crippen LogP contribution in [0.4, 0.5) is 4.39 Å². The highest BCUT2D eigenvalue weighted by molar-refractivity contribution is 5.92. The van der Waals surface area contributed by atoms with E-state index < -0.39 is 11.4 Å². The van der Waals surface area contributed by atoms with Crippen LogP contribution in [0.1, 0.15) is 25.3 Å². The van der Waals surface area contributed by atoms with Crippen LogP contribution in [0.25, 0.3) is 6.08 Å². The van der Waals surface area contributed by atoms with E-state index in [0.29, 0.717) is 25.9 Å². The Morgan fingerprint density at radius 1 is 1.24 bits per heavy atom. The summed E-state index contributed by atoms with van der Waals surface area (Å²) in [6.45, 7) is 2.59. The maximum Gasteiger partial charge on any atom is 0.309 e. The van der Waals surface area contributed by atoms with Gasteiger partial charge in [-0.2, -0.15) is 0 Å². The van der Waals surface area contributed by atoms with E-state index in [-0.39, 0.29) is 11.7 Å². The summed E-state index contributed by atoms with van der Waals surface area (Å²) in [5, 5.41) is 9.15. The average molecular weight is 291 g/mol. The quantitative estimate of drug-likeness (QED) is 0.871. The summed E-state index contributed by atoms with van der Waals surface area (Å²) in [6.07, 6.45) is 3.99. The molecule has 0 aliphatic carbocycles. The summed E-state index contributed by atoms with van der Waals surface area (Å²) in [6, 6.07) is 5.86. The summed E-state index contributed by atoms with van der Waals surface area (Å²) in [5.74, 6) is -1.27. The van der Waals surface area contributed by atoms with E-state index in [1.807, 2.05) is 0 Å². The number of nitrogens with zero attached hydrogens (tertiary/aromatic N) is 1. The molecule has 0 spiro atoms. The lowest BCUT2D eigenvalue weighted by atomic mass is 9.80. The lowest BCUT2D eigenvalue weighted by Crippen LogP contribution is -2.44. The van der Waals surface area contributed by atoms with Crippen LogP contribution in [0.5, 0.6) is 0 Å². The molecule has 2 rings (SSSR count). The summed E-state index contributed by atoms with van der Waals surface area (Å²) in [4.78, 5) is 24.8. The van der Waals surface area contributed by atoms with E-state index in [0.717, 1.165) is 5.56 Å². The van der Waals surface area contributed by atoms with Gasteiger partial charge in [0.05, 0.1) is 5.41 Å². The third-order valence-corrected chi connectivity index (χ3v) is 3.98. The smallest absolute Gasteiger partial charge is 0.309 e. The number of carbonyl (C=O) groups is 2. The second-order valence-corrected chi connectivity index (χ2v) is 5.58. The Hall–Kier alpha value is -2.17. The molecule has 0 aromatic heterocycles. The third-order valence-electron chi connectivity index (χ3n) is 3.98. The largest absolute Gasteiger partial charge is 0.481 e. The van der Waals surface area contributed by atoms with E-state index in [4.69, 9.17) is 5.11 Å². The fraction of sp³-hybridized carbons (Fsp3) is 0.375. The van der Waals surface area contributed by atoms with Crippen molar-refractivity contribution in [3.8, 4) is 0 Å². The number of amides is 1. The van der Waals surface area contributed by atoms with Crippen LogP contribution in [-0.4, -0.2) is 35.0 Å². The van der Waals surface area contributed by atoms with E-state index in [2.05, 4.69) is 0 Å². The van der Waals surface area contributed by atoms with Crippen LogP contribution < -0.4 is 0 Å². The predicted molar refractivity (Wildman–Crippen MR) is 77.0 cm³/mol. The SMILES string of the molecule is CC1(C(=O)O)CCN(C(=O)C=Cc2ccc(F)cc2)CC1. The molecule has 1 fully saturated rings. The molecule has 112 valence electrons. The van der Waals surface area contributed by atoms with Gasteiger partial charge in [0.1, 0.15) is 5.82 Å². The maximum atomic E-state index is 12.8. The van der Waals surface area contributed by atoms with Gasteiger partial charge in [-0.25, -0.2) is 4.39 Å². The number of benzene rings is 1. The summed E-state index contributed by atoms with van der Waals surface area (Å²) >= 11 is 0. The minimum absolute atomic E-state index is 0.147. The fourth-order valence-corrected chi connectivity index (χ4v) is 2.28. The van der Waals surface area contributed by atoms with Gasteiger partial charge in [0.15, 0.2) is 0 Å². The Kier molecular flexibility index (Phi) is 4.40. The van der Waals surface area contributed by atoms with Gasteiger partial charge in [0.25, 0.3) is 0 Å². The van der Waals surface area contributed by atoms with Crippen molar-refractivity contribution in [2.24, 2.45) is 5.41 Å². The van der Waals surface area contributed by atoms with Gasteiger partial charge in [-0.1, -0.05) is 12.1 Å². The molecular formula is C16H18FNO3. The van der Waals surface area contributed by atoms with Crippen molar-refractivity contribution in [2.75, 3.05) is 13.1 Å². The van der Waals surface area contributed by atoms with Crippen LogP contribution in [0.3, 0.4) is 0 Å². The number of rotatable bonds is 3. The van der Waals surface area contributed by atoms with Gasteiger partial charge >= 0.3 is 5.97 Å². The molecule has 5 heteroatoms. The Bertz CT molecular complexity index is 557. The highest BCUT2D eigenvalue weighted by Crippen LogP contribution is 2.31. The standard InChI is InChI=1S/C16H18FNO3/c1-16(15(20)21)8-10-18(11-9-16)14(19)7-4-12-2-5-13(17)6-3-12/h2-7H,8-11H2,1H3,(H,20,21). The summed E-state index contributed by atoms with van der Waals surface area (Å²) in [7, 11) is 0. The lowest BCUT2D eigenvalue weighted by molar-refractivity contribution is -0.152. The summed E-state index contributed by atoms with van der Waals surface area (Å²) < 4.78 is 12.8. The molecule has 1 aromatic carbocycles. The van der Waals surface area contributed by atoms with E-state index in [1.165, 1.54) is 18.2 Å². The minimum Gasteiger partial charge on any atom is -0.481 e. The fourth-order valence-electron chi connectivity index (χ4n) is 2.28. The molecule has 1 heterocycles. The van der Waals surface area contributed by atoms with Gasteiger partial charge in [-0.3, -0.25) is 9.59 Å². The number of likely N-dealkylation sites (tertiary alicyclic amines) is 1.